The van der Waals surface area contributed by atoms with Gasteiger partial charge in [-0.15, -0.1) is 0 Å². The summed E-state index contributed by atoms with van der Waals surface area (Å²) in [7, 11) is 0. The zero-order chi connectivity index (χ0) is 23.5. The molecule has 5 aromatic rings. The van der Waals surface area contributed by atoms with Crippen molar-refractivity contribution in [3.8, 4) is 17.0 Å². The first-order valence-electron chi connectivity index (χ1n) is 10.4. The Labute approximate surface area is 204 Å². The Morgan fingerprint density at radius 1 is 0.882 bits per heavy atom. The number of benzene rings is 3. The zero-order valence-electron chi connectivity index (χ0n) is 17.7. The van der Waals surface area contributed by atoms with Crippen LogP contribution in [0.5, 0.6) is 5.75 Å². The minimum Gasteiger partial charge on any atom is -0.478 e. The Hall–Kier alpha value is -3.80. The second-order valence-corrected chi connectivity index (χ2v) is 8.36. The number of hydrogen-bond acceptors (Lipinski definition) is 5. The van der Waals surface area contributed by atoms with Gasteiger partial charge in [0, 0.05) is 21.7 Å². The Balaban J connectivity index is 1.46. The molecule has 0 spiro atoms. The fourth-order valence-electron chi connectivity index (χ4n) is 3.49. The summed E-state index contributed by atoms with van der Waals surface area (Å²) in [6, 6.07) is 23.6. The minimum atomic E-state index is -0.268. The van der Waals surface area contributed by atoms with E-state index >= 15 is 0 Å². The standard InChI is InChI=1S/C27H17Cl2NO4/c28-19-12-18(13-20(29)14-19)23-15-21(34-30-23)16-32-27-25(11-10-17-6-2-1-3-7-17)33-24-9-5-4-8-22(24)26(27)31/h1-15H,16H2/b11-10+. The first-order valence-corrected chi connectivity index (χ1v) is 11.2. The molecular weight excluding hydrogens is 473 g/mol. The number of ether oxygens (including phenoxy) is 1. The van der Waals surface area contributed by atoms with Crippen molar-refractivity contribution in [3.05, 3.63) is 116 Å². The number of aromatic nitrogens is 1. The Morgan fingerprint density at radius 2 is 1.62 bits per heavy atom. The highest BCUT2D eigenvalue weighted by Gasteiger charge is 2.16. The van der Waals surface area contributed by atoms with Crippen molar-refractivity contribution in [1.29, 1.82) is 0 Å². The summed E-state index contributed by atoms with van der Waals surface area (Å²) in [6.07, 6.45) is 3.58. The van der Waals surface area contributed by atoms with E-state index in [0.29, 0.717) is 43.8 Å². The normalized spacial score (nSPS) is 11.4. The van der Waals surface area contributed by atoms with Crippen molar-refractivity contribution in [2.75, 3.05) is 0 Å². The molecule has 2 heterocycles. The summed E-state index contributed by atoms with van der Waals surface area (Å²) in [5.41, 5.74) is 2.44. The van der Waals surface area contributed by atoms with E-state index in [1.54, 1.807) is 48.5 Å². The van der Waals surface area contributed by atoms with Gasteiger partial charge in [-0.3, -0.25) is 4.79 Å². The molecule has 5 nitrogen and oxygen atoms in total. The van der Waals surface area contributed by atoms with Crippen molar-refractivity contribution in [2.24, 2.45) is 0 Å². The SMILES string of the molecule is O=c1c(OCc2cc(-c3cc(Cl)cc(Cl)c3)no2)c(/C=C/c2ccccc2)oc2ccccc12. The van der Waals surface area contributed by atoms with Gasteiger partial charge in [-0.05, 0) is 42.0 Å². The van der Waals surface area contributed by atoms with Crippen LogP contribution in [0.2, 0.25) is 10.0 Å². The van der Waals surface area contributed by atoms with Gasteiger partial charge in [0.15, 0.2) is 11.5 Å². The highest BCUT2D eigenvalue weighted by atomic mass is 35.5. The molecule has 34 heavy (non-hydrogen) atoms. The number of fused-ring (bicyclic) bond motifs is 1. The van der Waals surface area contributed by atoms with Gasteiger partial charge < -0.3 is 13.7 Å². The van der Waals surface area contributed by atoms with E-state index in [2.05, 4.69) is 5.16 Å². The lowest BCUT2D eigenvalue weighted by Crippen LogP contribution is -2.10. The molecule has 0 unspecified atom stereocenters. The van der Waals surface area contributed by atoms with Crippen molar-refractivity contribution >= 4 is 46.3 Å². The van der Waals surface area contributed by atoms with Gasteiger partial charge in [0.05, 0.1) is 5.39 Å². The van der Waals surface area contributed by atoms with Gasteiger partial charge in [0.1, 0.15) is 17.9 Å². The molecule has 0 aliphatic carbocycles. The summed E-state index contributed by atoms with van der Waals surface area (Å²) in [5.74, 6) is 0.834. The predicted molar refractivity (Wildman–Crippen MR) is 134 cm³/mol. The molecule has 0 radical (unpaired) electrons. The van der Waals surface area contributed by atoms with Crippen LogP contribution in [0.25, 0.3) is 34.4 Å². The number of rotatable bonds is 6. The number of halogens is 2. The maximum absolute atomic E-state index is 13.2. The molecule has 3 aromatic carbocycles. The van der Waals surface area contributed by atoms with Crippen LogP contribution < -0.4 is 10.2 Å². The lowest BCUT2D eigenvalue weighted by molar-refractivity contribution is 0.242. The third-order valence-corrected chi connectivity index (χ3v) is 5.52. The van der Waals surface area contributed by atoms with Crippen LogP contribution in [-0.4, -0.2) is 5.16 Å². The van der Waals surface area contributed by atoms with Crippen molar-refractivity contribution in [3.63, 3.8) is 0 Å². The van der Waals surface area contributed by atoms with E-state index < -0.39 is 0 Å². The van der Waals surface area contributed by atoms with Crippen LogP contribution in [0.3, 0.4) is 0 Å². The van der Waals surface area contributed by atoms with Gasteiger partial charge in [0.25, 0.3) is 0 Å². The number of nitrogens with zero attached hydrogens (tertiary/aromatic N) is 1. The van der Waals surface area contributed by atoms with Crippen LogP contribution in [0.15, 0.2) is 92.6 Å². The van der Waals surface area contributed by atoms with E-state index in [4.69, 9.17) is 36.9 Å². The van der Waals surface area contributed by atoms with Crippen molar-refractivity contribution in [2.45, 2.75) is 6.61 Å². The van der Waals surface area contributed by atoms with Crippen LogP contribution in [0, 0.1) is 0 Å². The maximum atomic E-state index is 13.2. The average molecular weight is 490 g/mol. The largest absolute Gasteiger partial charge is 0.478 e. The Kier molecular flexibility index (Phi) is 6.21. The van der Waals surface area contributed by atoms with Gasteiger partial charge in [-0.1, -0.05) is 76.9 Å². The molecule has 0 aliphatic heterocycles. The zero-order valence-corrected chi connectivity index (χ0v) is 19.2. The Bertz CT molecular complexity index is 1530. The van der Waals surface area contributed by atoms with Crippen LogP contribution in [0.1, 0.15) is 17.1 Å². The quantitative estimate of drug-likeness (QED) is 0.247. The van der Waals surface area contributed by atoms with E-state index in [0.717, 1.165) is 5.56 Å². The van der Waals surface area contributed by atoms with E-state index in [1.165, 1.54) is 0 Å². The smallest absolute Gasteiger partial charge is 0.235 e. The molecule has 0 saturated heterocycles. The van der Waals surface area contributed by atoms with E-state index in [9.17, 15) is 4.79 Å². The molecule has 0 fully saturated rings. The Morgan fingerprint density at radius 3 is 2.41 bits per heavy atom. The average Bonchev–Trinajstić information content (AvgIpc) is 3.32. The third-order valence-electron chi connectivity index (χ3n) is 5.08. The lowest BCUT2D eigenvalue weighted by Gasteiger charge is -2.08. The van der Waals surface area contributed by atoms with Gasteiger partial charge in [-0.25, -0.2) is 0 Å². The topological polar surface area (TPSA) is 65.5 Å². The van der Waals surface area contributed by atoms with E-state index in [1.807, 2.05) is 42.5 Å². The number of hydrogen-bond donors (Lipinski definition) is 0. The van der Waals surface area contributed by atoms with Gasteiger partial charge >= 0.3 is 0 Å². The number of para-hydroxylation sites is 1. The molecule has 0 saturated carbocycles. The first-order chi connectivity index (χ1) is 16.6. The second kappa shape index (κ2) is 9.59. The first kappa shape index (κ1) is 22.0. The monoisotopic (exact) mass is 489 g/mol. The predicted octanol–water partition coefficient (Wildman–Crippen LogP) is 7.50. The molecule has 5 rings (SSSR count). The molecular formula is C27H17Cl2NO4. The maximum Gasteiger partial charge on any atom is 0.235 e. The summed E-state index contributed by atoms with van der Waals surface area (Å²) < 4.78 is 17.3. The molecule has 0 aliphatic rings. The third kappa shape index (κ3) is 4.76. The fourth-order valence-corrected chi connectivity index (χ4v) is 4.01. The molecule has 0 bridgehead atoms. The molecule has 7 heteroatoms. The summed E-state index contributed by atoms with van der Waals surface area (Å²) >= 11 is 12.2. The van der Waals surface area contributed by atoms with Gasteiger partial charge in [0.2, 0.25) is 11.2 Å². The second-order valence-electron chi connectivity index (χ2n) is 7.49. The lowest BCUT2D eigenvalue weighted by atomic mass is 10.1. The van der Waals surface area contributed by atoms with Gasteiger partial charge in [-0.2, -0.15) is 0 Å². The molecule has 168 valence electrons. The minimum absolute atomic E-state index is 0.0173. The van der Waals surface area contributed by atoms with Crippen molar-refractivity contribution < 1.29 is 13.7 Å². The molecule has 0 N–H and O–H groups in total. The summed E-state index contributed by atoms with van der Waals surface area (Å²) in [6.45, 7) is -0.0173. The summed E-state index contributed by atoms with van der Waals surface area (Å²) in [4.78, 5) is 13.2. The van der Waals surface area contributed by atoms with Crippen LogP contribution in [0.4, 0.5) is 0 Å². The van der Waals surface area contributed by atoms with Crippen molar-refractivity contribution in [1.82, 2.24) is 5.16 Å². The molecule has 0 atom stereocenters. The highest BCUT2D eigenvalue weighted by Crippen LogP contribution is 2.28. The molecule has 0 amide bonds. The summed E-state index contributed by atoms with van der Waals surface area (Å²) in [5, 5.41) is 5.48. The molecule has 2 aromatic heterocycles. The van der Waals surface area contributed by atoms with Crippen LogP contribution >= 0.6 is 23.2 Å². The van der Waals surface area contributed by atoms with Crippen LogP contribution in [-0.2, 0) is 6.61 Å². The van der Waals surface area contributed by atoms with E-state index in [-0.39, 0.29) is 17.8 Å². The fraction of sp³-hybridized carbons (Fsp3) is 0.0370. The highest BCUT2D eigenvalue weighted by molar-refractivity contribution is 6.35.